The molecule has 2 aromatic heterocycles. The van der Waals surface area contributed by atoms with Gasteiger partial charge in [-0.1, -0.05) is 0 Å². The fourth-order valence-corrected chi connectivity index (χ4v) is 4.55. The lowest BCUT2D eigenvalue weighted by molar-refractivity contribution is -0.118. The van der Waals surface area contributed by atoms with Gasteiger partial charge in [-0.2, -0.15) is 5.26 Å². The molecule has 2 atom stereocenters. The lowest BCUT2D eigenvalue weighted by Gasteiger charge is -2.34. The third-order valence-corrected chi connectivity index (χ3v) is 6.42. The second kappa shape index (κ2) is 8.05. The Kier molecular flexibility index (Phi) is 5.48. The van der Waals surface area contributed by atoms with E-state index >= 15 is 0 Å². The van der Waals surface area contributed by atoms with E-state index in [0.29, 0.717) is 24.5 Å². The van der Waals surface area contributed by atoms with Gasteiger partial charge in [0, 0.05) is 43.3 Å². The van der Waals surface area contributed by atoms with Crippen LogP contribution in [0.2, 0.25) is 0 Å². The van der Waals surface area contributed by atoms with Crippen LogP contribution in [-0.2, 0) is 22.6 Å². The molecular formula is C22H29N5O2. The zero-order valence-electron chi connectivity index (χ0n) is 17.4. The fraction of sp³-hybridized carbons (Fsp3) is 0.545. The largest absolute Gasteiger partial charge is 0.376 e. The van der Waals surface area contributed by atoms with Gasteiger partial charge in [-0.25, -0.2) is 0 Å². The number of ether oxygens (including phenoxy) is 1. The van der Waals surface area contributed by atoms with Crippen molar-refractivity contribution in [1.82, 2.24) is 14.0 Å². The Hall–Kier alpha value is -2.56. The van der Waals surface area contributed by atoms with Crippen molar-refractivity contribution in [3.8, 4) is 6.07 Å². The molecule has 1 fully saturated rings. The Balaban J connectivity index is 1.52. The number of amides is 1. The summed E-state index contributed by atoms with van der Waals surface area (Å²) in [4.78, 5) is 15.1. The summed E-state index contributed by atoms with van der Waals surface area (Å²) in [5.74, 6) is 0.524. The van der Waals surface area contributed by atoms with E-state index in [4.69, 9.17) is 4.74 Å². The first kappa shape index (κ1) is 19.7. The molecule has 7 heteroatoms. The summed E-state index contributed by atoms with van der Waals surface area (Å²) in [6.07, 6.45) is 4.30. The molecule has 4 heterocycles. The maximum atomic E-state index is 12.9. The SMILES string of the molecule is Cc1c(C#N)c(NC(=O)CN2CCn3cccc3[C@H]2C)n(C[C@H]2CCCO2)c1C. The number of nitrogens with one attached hydrogen (secondary N) is 1. The van der Waals surface area contributed by atoms with Gasteiger partial charge in [0.25, 0.3) is 0 Å². The molecule has 2 aliphatic heterocycles. The van der Waals surface area contributed by atoms with Crippen LogP contribution in [0.25, 0.3) is 0 Å². The first-order chi connectivity index (χ1) is 14.0. The minimum atomic E-state index is -0.0838. The van der Waals surface area contributed by atoms with Crippen molar-refractivity contribution in [3.05, 3.63) is 40.8 Å². The third-order valence-electron chi connectivity index (χ3n) is 6.42. The van der Waals surface area contributed by atoms with Crippen LogP contribution in [0.3, 0.4) is 0 Å². The van der Waals surface area contributed by atoms with Gasteiger partial charge in [-0.15, -0.1) is 0 Å². The Labute approximate surface area is 171 Å². The third kappa shape index (κ3) is 3.70. The van der Waals surface area contributed by atoms with Crippen molar-refractivity contribution in [3.63, 3.8) is 0 Å². The highest BCUT2D eigenvalue weighted by Gasteiger charge is 2.27. The van der Waals surface area contributed by atoms with E-state index in [1.54, 1.807) is 0 Å². The molecule has 0 bridgehead atoms. The molecule has 2 aromatic rings. The van der Waals surface area contributed by atoms with Crippen LogP contribution in [0.5, 0.6) is 0 Å². The number of nitriles is 1. The fourth-order valence-electron chi connectivity index (χ4n) is 4.55. The average Bonchev–Trinajstić information content (AvgIpc) is 3.42. The highest BCUT2D eigenvalue weighted by atomic mass is 16.5. The molecule has 154 valence electrons. The number of hydrogen-bond acceptors (Lipinski definition) is 4. The second-order valence-electron chi connectivity index (χ2n) is 8.11. The van der Waals surface area contributed by atoms with E-state index in [2.05, 4.69) is 46.1 Å². The van der Waals surface area contributed by atoms with E-state index in [-0.39, 0.29) is 18.1 Å². The minimum absolute atomic E-state index is 0.0838. The van der Waals surface area contributed by atoms with Crippen molar-refractivity contribution in [1.29, 1.82) is 5.26 Å². The predicted molar refractivity (Wildman–Crippen MR) is 111 cm³/mol. The van der Waals surface area contributed by atoms with E-state index in [1.165, 1.54) is 5.69 Å². The molecule has 7 nitrogen and oxygen atoms in total. The van der Waals surface area contributed by atoms with Gasteiger partial charge in [-0.3, -0.25) is 9.69 Å². The molecule has 0 radical (unpaired) electrons. The molecule has 0 aromatic carbocycles. The number of carbonyl (C=O) groups excluding carboxylic acids is 1. The van der Waals surface area contributed by atoms with E-state index < -0.39 is 0 Å². The van der Waals surface area contributed by atoms with Crippen LogP contribution in [0.1, 0.15) is 48.3 Å². The summed E-state index contributed by atoms with van der Waals surface area (Å²) in [5, 5.41) is 12.7. The minimum Gasteiger partial charge on any atom is -0.376 e. The first-order valence-electron chi connectivity index (χ1n) is 10.4. The summed E-state index contributed by atoms with van der Waals surface area (Å²) in [7, 11) is 0. The van der Waals surface area contributed by atoms with Gasteiger partial charge in [0.15, 0.2) is 0 Å². The smallest absolute Gasteiger partial charge is 0.239 e. The quantitative estimate of drug-likeness (QED) is 0.845. The van der Waals surface area contributed by atoms with Crippen LogP contribution in [-0.4, -0.2) is 45.7 Å². The molecule has 1 N–H and O–H groups in total. The van der Waals surface area contributed by atoms with Crippen LogP contribution >= 0.6 is 0 Å². The van der Waals surface area contributed by atoms with Crippen LogP contribution in [0, 0.1) is 25.2 Å². The topological polar surface area (TPSA) is 75.2 Å². The maximum absolute atomic E-state index is 12.9. The summed E-state index contributed by atoms with van der Waals surface area (Å²) in [6, 6.07) is 6.63. The molecule has 1 amide bonds. The highest BCUT2D eigenvalue weighted by molar-refractivity contribution is 5.93. The van der Waals surface area contributed by atoms with E-state index in [0.717, 1.165) is 43.8 Å². The van der Waals surface area contributed by atoms with Crippen molar-refractivity contribution >= 4 is 11.7 Å². The molecule has 0 aliphatic carbocycles. The lowest BCUT2D eigenvalue weighted by Crippen LogP contribution is -2.41. The highest BCUT2D eigenvalue weighted by Crippen LogP contribution is 2.29. The zero-order chi connectivity index (χ0) is 20.5. The first-order valence-corrected chi connectivity index (χ1v) is 10.4. The van der Waals surface area contributed by atoms with Crippen molar-refractivity contribution < 1.29 is 9.53 Å². The normalized spacial score (nSPS) is 21.7. The number of carbonyl (C=O) groups is 1. The van der Waals surface area contributed by atoms with Crippen molar-refractivity contribution in [2.45, 2.75) is 58.8 Å². The Morgan fingerprint density at radius 2 is 2.21 bits per heavy atom. The van der Waals surface area contributed by atoms with E-state index in [1.807, 2.05) is 18.4 Å². The maximum Gasteiger partial charge on any atom is 0.239 e. The van der Waals surface area contributed by atoms with Gasteiger partial charge < -0.3 is 19.2 Å². The number of aromatic nitrogens is 2. The van der Waals surface area contributed by atoms with Crippen LogP contribution in [0.4, 0.5) is 5.82 Å². The Morgan fingerprint density at radius 1 is 1.38 bits per heavy atom. The number of hydrogen-bond donors (Lipinski definition) is 1. The van der Waals surface area contributed by atoms with Gasteiger partial charge in [0.1, 0.15) is 11.9 Å². The Bertz CT molecular complexity index is 945. The number of rotatable bonds is 5. The molecule has 4 rings (SSSR count). The molecule has 0 spiro atoms. The zero-order valence-corrected chi connectivity index (χ0v) is 17.4. The van der Waals surface area contributed by atoms with E-state index in [9.17, 15) is 10.1 Å². The van der Waals surface area contributed by atoms with Crippen molar-refractivity contribution in [2.24, 2.45) is 0 Å². The van der Waals surface area contributed by atoms with Gasteiger partial charge in [0.2, 0.25) is 5.91 Å². The summed E-state index contributed by atoms with van der Waals surface area (Å²) in [6.45, 7) is 9.54. The van der Waals surface area contributed by atoms with Gasteiger partial charge in [0.05, 0.1) is 24.8 Å². The number of fused-ring (bicyclic) bond motifs is 1. The average molecular weight is 396 g/mol. The van der Waals surface area contributed by atoms with Crippen LogP contribution in [0.15, 0.2) is 18.3 Å². The summed E-state index contributed by atoms with van der Waals surface area (Å²) >= 11 is 0. The summed E-state index contributed by atoms with van der Waals surface area (Å²) < 4.78 is 10.1. The van der Waals surface area contributed by atoms with Gasteiger partial charge >= 0.3 is 0 Å². The molecule has 0 unspecified atom stereocenters. The monoisotopic (exact) mass is 395 g/mol. The van der Waals surface area contributed by atoms with Gasteiger partial charge in [-0.05, 0) is 51.3 Å². The standard InChI is InChI=1S/C22H29N5O2/c1-15-16(2)27(13-18-6-5-11-29-18)22(19(15)12-23)24-21(28)14-26-10-9-25-8-4-7-20(25)17(26)3/h4,7-8,17-18H,5-6,9-11,13-14H2,1-3H3,(H,24,28)/t17-,18-/m1/s1. The number of anilines is 1. The van der Waals surface area contributed by atoms with Crippen LogP contribution < -0.4 is 5.32 Å². The molecule has 1 saturated heterocycles. The lowest BCUT2D eigenvalue weighted by atomic mass is 10.1. The molecular weight excluding hydrogens is 366 g/mol. The van der Waals surface area contributed by atoms with Crippen molar-refractivity contribution in [2.75, 3.05) is 25.0 Å². The molecule has 0 saturated carbocycles. The molecule has 2 aliphatic rings. The second-order valence-corrected chi connectivity index (χ2v) is 8.11. The Morgan fingerprint density at radius 3 is 2.93 bits per heavy atom. The number of nitrogens with zero attached hydrogens (tertiary/aromatic N) is 4. The summed E-state index contributed by atoms with van der Waals surface area (Å²) in [5.41, 5.74) is 3.71. The predicted octanol–water partition coefficient (Wildman–Crippen LogP) is 2.97. The molecule has 29 heavy (non-hydrogen) atoms.